The molecule has 2 atom stereocenters. The van der Waals surface area contributed by atoms with E-state index in [4.69, 9.17) is 4.74 Å². The fraction of sp³-hybridized carbons (Fsp3) is 1.00. The molecule has 0 bridgehead atoms. The van der Waals surface area contributed by atoms with Crippen molar-refractivity contribution >= 4 is 0 Å². The van der Waals surface area contributed by atoms with Crippen LogP contribution in [0.3, 0.4) is 0 Å². The summed E-state index contributed by atoms with van der Waals surface area (Å²) in [7, 11) is 1.81. The summed E-state index contributed by atoms with van der Waals surface area (Å²) in [5.41, 5.74) is 0. The van der Waals surface area contributed by atoms with Crippen molar-refractivity contribution in [1.82, 2.24) is 5.32 Å². The van der Waals surface area contributed by atoms with E-state index < -0.39 is 0 Å². The molecule has 0 aromatic rings. The molecule has 2 nitrogen and oxygen atoms in total. The van der Waals surface area contributed by atoms with Crippen LogP contribution in [0.15, 0.2) is 0 Å². The van der Waals surface area contributed by atoms with Crippen LogP contribution in [0.1, 0.15) is 26.2 Å². The van der Waals surface area contributed by atoms with Gasteiger partial charge in [0.05, 0.1) is 6.10 Å². The molecule has 2 unspecified atom stereocenters. The lowest BCUT2D eigenvalue weighted by molar-refractivity contribution is 0.0172. The summed E-state index contributed by atoms with van der Waals surface area (Å²) < 4.78 is 5.22. The van der Waals surface area contributed by atoms with Crippen LogP contribution in [0.4, 0.5) is 0 Å². The van der Waals surface area contributed by atoms with Crippen molar-refractivity contribution in [3.05, 3.63) is 0 Å². The lowest BCUT2D eigenvalue weighted by atomic mass is 9.89. The molecule has 0 radical (unpaired) electrons. The lowest BCUT2D eigenvalue weighted by Gasteiger charge is -2.34. The second kappa shape index (κ2) is 3.35. The van der Waals surface area contributed by atoms with Crippen molar-refractivity contribution in [2.75, 3.05) is 13.7 Å². The molecule has 1 N–H and O–H groups in total. The van der Waals surface area contributed by atoms with Crippen molar-refractivity contribution in [2.24, 2.45) is 11.8 Å². The minimum absolute atomic E-state index is 0.541. The topological polar surface area (TPSA) is 21.3 Å². The maximum absolute atomic E-state index is 5.22. The number of methoxy groups -OCH3 is 1. The minimum Gasteiger partial charge on any atom is -0.381 e. The van der Waals surface area contributed by atoms with Crippen LogP contribution in [0.25, 0.3) is 0 Å². The minimum atomic E-state index is 0.541. The Morgan fingerprint density at radius 2 is 2.00 bits per heavy atom. The second-order valence-corrected chi connectivity index (χ2v) is 4.41. The third kappa shape index (κ3) is 1.80. The van der Waals surface area contributed by atoms with Gasteiger partial charge >= 0.3 is 0 Å². The van der Waals surface area contributed by atoms with E-state index in [0.717, 1.165) is 17.9 Å². The average molecular weight is 169 g/mol. The third-order valence-corrected chi connectivity index (χ3v) is 3.37. The van der Waals surface area contributed by atoms with Crippen LogP contribution in [0, 0.1) is 11.8 Å². The van der Waals surface area contributed by atoms with E-state index in [1.165, 1.54) is 25.8 Å². The Kier molecular flexibility index (Phi) is 2.37. The first-order valence-corrected chi connectivity index (χ1v) is 5.05. The fourth-order valence-corrected chi connectivity index (χ4v) is 1.93. The average Bonchev–Trinajstić information content (AvgIpc) is 2.64. The van der Waals surface area contributed by atoms with Gasteiger partial charge < -0.3 is 10.1 Å². The van der Waals surface area contributed by atoms with Gasteiger partial charge in [0, 0.05) is 13.2 Å². The highest BCUT2D eigenvalue weighted by atomic mass is 16.5. The van der Waals surface area contributed by atoms with Crippen molar-refractivity contribution < 1.29 is 4.74 Å². The SMILES string of the molecule is COC1CC(NCC2CC2C)C1. The van der Waals surface area contributed by atoms with Gasteiger partial charge in [0.2, 0.25) is 0 Å². The summed E-state index contributed by atoms with van der Waals surface area (Å²) in [6.07, 6.45) is 4.42. The molecular weight excluding hydrogens is 150 g/mol. The number of ether oxygens (including phenoxy) is 1. The van der Waals surface area contributed by atoms with Gasteiger partial charge in [0.1, 0.15) is 0 Å². The zero-order valence-electron chi connectivity index (χ0n) is 8.05. The Labute approximate surface area is 74.7 Å². The standard InChI is InChI=1S/C10H19NO/c1-7-3-8(7)6-11-9-4-10(5-9)12-2/h7-11H,3-6H2,1-2H3. The fourth-order valence-electron chi connectivity index (χ4n) is 1.93. The summed E-state index contributed by atoms with van der Waals surface area (Å²) in [5, 5.41) is 3.60. The van der Waals surface area contributed by atoms with Crippen LogP contribution in [0.2, 0.25) is 0 Å². The van der Waals surface area contributed by atoms with E-state index >= 15 is 0 Å². The van der Waals surface area contributed by atoms with Gasteiger partial charge in [-0.25, -0.2) is 0 Å². The molecule has 2 saturated carbocycles. The van der Waals surface area contributed by atoms with Crippen LogP contribution in [0.5, 0.6) is 0 Å². The van der Waals surface area contributed by atoms with E-state index in [2.05, 4.69) is 12.2 Å². The van der Waals surface area contributed by atoms with Gasteiger partial charge in [-0.2, -0.15) is 0 Å². The highest BCUT2D eigenvalue weighted by Gasteiger charge is 2.34. The van der Waals surface area contributed by atoms with Gasteiger partial charge in [0.25, 0.3) is 0 Å². The highest BCUT2D eigenvalue weighted by molar-refractivity contribution is 4.90. The van der Waals surface area contributed by atoms with Crippen LogP contribution in [-0.2, 0) is 4.74 Å². The number of hydrogen-bond donors (Lipinski definition) is 1. The summed E-state index contributed by atoms with van der Waals surface area (Å²) in [5.74, 6) is 1.96. The molecule has 0 saturated heterocycles. The van der Waals surface area contributed by atoms with Crippen LogP contribution in [-0.4, -0.2) is 25.8 Å². The van der Waals surface area contributed by atoms with E-state index in [9.17, 15) is 0 Å². The third-order valence-electron chi connectivity index (χ3n) is 3.37. The first kappa shape index (κ1) is 8.52. The second-order valence-electron chi connectivity index (χ2n) is 4.41. The maximum atomic E-state index is 5.22. The summed E-state index contributed by atoms with van der Waals surface area (Å²) in [4.78, 5) is 0. The molecule has 2 rings (SSSR count). The summed E-state index contributed by atoms with van der Waals surface area (Å²) >= 11 is 0. The Bertz CT molecular complexity index is 154. The van der Waals surface area contributed by atoms with Gasteiger partial charge in [-0.3, -0.25) is 0 Å². The predicted octanol–water partition coefficient (Wildman–Crippen LogP) is 1.41. The van der Waals surface area contributed by atoms with Crippen molar-refractivity contribution in [3.8, 4) is 0 Å². The Hall–Kier alpha value is -0.0800. The highest BCUT2D eigenvalue weighted by Crippen LogP contribution is 2.37. The van der Waals surface area contributed by atoms with E-state index in [1.807, 2.05) is 7.11 Å². The van der Waals surface area contributed by atoms with Crippen LogP contribution < -0.4 is 5.32 Å². The molecule has 0 spiro atoms. The lowest BCUT2D eigenvalue weighted by Crippen LogP contribution is -2.45. The van der Waals surface area contributed by atoms with Crippen molar-refractivity contribution in [2.45, 2.75) is 38.3 Å². The Morgan fingerprint density at radius 3 is 2.50 bits per heavy atom. The normalized spacial score (nSPS) is 45.5. The molecule has 0 heterocycles. The van der Waals surface area contributed by atoms with Gasteiger partial charge in [-0.15, -0.1) is 0 Å². The molecule has 2 aliphatic rings. The molecule has 70 valence electrons. The molecule has 12 heavy (non-hydrogen) atoms. The molecule has 2 heteroatoms. The first-order valence-electron chi connectivity index (χ1n) is 5.05. The first-order chi connectivity index (χ1) is 5.79. The van der Waals surface area contributed by atoms with Gasteiger partial charge in [-0.05, 0) is 37.6 Å². The largest absolute Gasteiger partial charge is 0.381 e. The monoisotopic (exact) mass is 169 g/mol. The number of rotatable bonds is 4. The smallest absolute Gasteiger partial charge is 0.0601 e. The van der Waals surface area contributed by atoms with Crippen molar-refractivity contribution in [3.63, 3.8) is 0 Å². The molecule has 2 fully saturated rings. The van der Waals surface area contributed by atoms with Crippen molar-refractivity contribution in [1.29, 1.82) is 0 Å². The Balaban J connectivity index is 1.52. The molecule has 0 aromatic heterocycles. The maximum Gasteiger partial charge on any atom is 0.0601 e. The zero-order valence-corrected chi connectivity index (χ0v) is 8.05. The quantitative estimate of drug-likeness (QED) is 0.687. The zero-order chi connectivity index (χ0) is 8.55. The Morgan fingerprint density at radius 1 is 1.33 bits per heavy atom. The van der Waals surface area contributed by atoms with E-state index in [0.29, 0.717) is 6.10 Å². The van der Waals surface area contributed by atoms with Gasteiger partial charge in [0.15, 0.2) is 0 Å². The predicted molar refractivity (Wildman–Crippen MR) is 49.1 cm³/mol. The molecule has 0 aliphatic heterocycles. The molecular formula is C10H19NO. The molecule has 0 aromatic carbocycles. The van der Waals surface area contributed by atoms with E-state index in [1.54, 1.807) is 0 Å². The molecule has 0 amide bonds. The number of hydrogen-bond acceptors (Lipinski definition) is 2. The van der Waals surface area contributed by atoms with Gasteiger partial charge in [-0.1, -0.05) is 6.92 Å². The molecule has 2 aliphatic carbocycles. The summed E-state index contributed by atoms with van der Waals surface area (Å²) in [6, 6.07) is 0.753. The van der Waals surface area contributed by atoms with E-state index in [-0.39, 0.29) is 0 Å². The van der Waals surface area contributed by atoms with Crippen LogP contribution >= 0.6 is 0 Å². The summed E-state index contributed by atoms with van der Waals surface area (Å²) in [6.45, 7) is 3.58. The number of nitrogens with one attached hydrogen (secondary N) is 1.